The van der Waals surface area contributed by atoms with Gasteiger partial charge in [-0.2, -0.15) is 0 Å². The Hall–Kier alpha value is -0.710. The molecule has 0 aromatic heterocycles. The van der Waals surface area contributed by atoms with Crippen molar-refractivity contribution in [2.24, 2.45) is 5.92 Å². The fourth-order valence-corrected chi connectivity index (χ4v) is 4.09. The van der Waals surface area contributed by atoms with Crippen molar-refractivity contribution in [1.82, 2.24) is 4.90 Å². The molecular weight excluding hydrogens is 298 g/mol. The van der Waals surface area contributed by atoms with Crippen LogP contribution < -0.4 is 0 Å². The monoisotopic (exact) mass is 329 g/mol. The zero-order chi connectivity index (χ0) is 16.5. The molecule has 0 aromatic rings. The average Bonchev–Trinajstić information content (AvgIpc) is 2.92. The third-order valence-electron chi connectivity index (χ3n) is 3.90. The van der Waals surface area contributed by atoms with Crippen LogP contribution in [0.4, 0.5) is 0 Å². The van der Waals surface area contributed by atoms with E-state index in [2.05, 4.69) is 27.7 Å². The van der Waals surface area contributed by atoms with Crippen LogP contribution in [0.15, 0.2) is 0 Å². The Morgan fingerprint density at radius 3 is 2.45 bits per heavy atom. The molecule has 1 aliphatic heterocycles. The van der Waals surface area contributed by atoms with Crippen molar-refractivity contribution in [3.05, 3.63) is 0 Å². The number of nitrogens with zero attached hydrogens (tertiary/aromatic N) is 1. The lowest BCUT2D eigenvalue weighted by atomic mass is 10.1. The number of carbonyl (C=O) groups excluding carboxylic acids is 2. The van der Waals surface area contributed by atoms with E-state index in [0.717, 1.165) is 32.1 Å². The summed E-state index contributed by atoms with van der Waals surface area (Å²) in [5, 5.41) is 0.0952. The fourth-order valence-electron chi connectivity index (χ4n) is 2.61. The molecule has 0 saturated carbocycles. The lowest BCUT2D eigenvalue weighted by Gasteiger charge is -2.30. The van der Waals surface area contributed by atoms with Crippen molar-refractivity contribution in [3.63, 3.8) is 0 Å². The molecule has 5 heteroatoms. The third-order valence-corrected chi connectivity index (χ3v) is 5.52. The van der Waals surface area contributed by atoms with Gasteiger partial charge in [0.1, 0.15) is 6.04 Å². The van der Waals surface area contributed by atoms with Gasteiger partial charge in [0.25, 0.3) is 0 Å². The van der Waals surface area contributed by atoms with Gasteiger partial charge in [-0.05, 0) is 18.8 Å². The summed E-state index contributed by atoms with van der Waals surface area (Å²) in [6.45, 7) is 8.86. The first-order valence-electron chi connectivity index (χ1n) is 8.62. The predicted octanol–water partition coefficient (Wildman–Crippen LogP) is 3.84. The molecule has 1 heterocycles. The smallest absolute Gasteiger partial charge is 0.329 e. The van der Waals surface area contributed by atoms with E-state index < -0.39 is 6.04 Å². The number of amides is 1. The second kappa shape index (κ2) is 10.1. The zero-order valence-corrected chi connectivity index (χ0v) is 15.3. The summed E-state index contributed by atoms with van der Waals surface area (Å²) >= 11 is 1.71. The molecule has 4 nitrogen and oxygen atoms in total. The van der Waals surface area contributed by atoms with Crippen LogP contribution in [0.2, 0.25) is 0 Å². The number of ether oxygens (including phenoxy) is 1. The van der Waals surface area contributed by atoms with E-state index in [1.165, 1.54) is 0 Å². The Morgan fingerprint density at radius 2 is 1.86 bits per heavy atom. The first kappa shape index (κ1) is 19.3. The number of hydrogen-bond acceptors (Lipinski definition) is 4. The number of rotatable bonds is 9. The van der Waals surface area contributed by atoms with Gasteiger partial charge in [0.2, 0.25) is 5.91 Å². The number of hydrogen-bond donors (Lipinski definition) is 0. The van der Waals surface area contributed by atoms with Crippen LogP contribution in [0.1, 0.15) is 66.2 Å². The van der Waals surface area contributed by atoms with E-state index >= 15 is 0 Å². The normalized spacial score (nSPS) is 21.4. The molecule has 0 bridgehead atoms. The van der Waals surface area contributed by atoms with Gasteiger partial charge >= 0.3 is 5.97 Å². The summed E-state index contributed by atoms with van der Waals surface area (Å²) in [6, 6.07) is -0.400. The van der Waals surface area contributed by atoms with Gasteiger partial charge in [-0.25, -0.2) is 4.79 Å². The number of unbranched alkanes of at least 4 members (excludes halogenated alkanes) is 3. The molecule has 0 radical (unpaired) electrons. The van der Waals surface area contributed by atoms with Crippen LogP contribution in [0, 0.1) is 5.92 Å². The van der Waals surface area contributed by atoms with Crippen LogP contribution in [0.5, 0.6) is 0 Å². The van der Waals surface area contributed by atoms with Crippen LogP contribution in [-0.2, 0) is 14.3 Å². The maximum absolute atomic E-state index is 12.6. The third kappa shape index (κ3) is 5.49. The molecule has 2 unspecified atom stereocenters. The van der Waals surface area contributed by atoms with E-state index in [0.29, 0.717) is 24.7 Å². The molecule has 1 saturated heterocycles. The minimum atomic E-state index is -0.400. The van der Waals surface area contributed by atoms with E-state index in [9.17, 15) is 9.59 Å². The average molecular weight is 330 g/mol. The van der Waals surface area contributed by atoms with Crippen molar-refractivity contribution in [3.8, 4) is 0 Å². The maximum Gasteiger partial charge on any atom is 0.329 e. The van der Waals surface area contributed by atoms with Crippen molar-refractivity contribution < 1.29 is 14.3 Å². The summed E-state index contributed by atoms with van der Waals surface area (Å²) < 4.78 is 5.35. The SMILES string of the molecule is CCCCCC(=O)N1C(C(=O)OCCCC)CSC1C(C)C. The van der Waals surface area contributed by atoms with Gasteiger partial charge in [0.15, 0.2) is 0 Å². The molecule has 1 amide bonds. The molecular formula is C17H31NO3S. The predicted molar refractivity (Wildman–Crippen MR) is 91.7 cm³/mol. The van der Waals surface area contributed by atoms with Crippen LogP contribution in [-0.4, -0.2) is 40.6 Å². The molecule has 1 fully saturated rings. The Kier molecular flexibility index (Phi) is 8.91. The van der Waals surface area contributed by atoms with Crippen molar-refractivity contribution in [2.75, 3.05) is 12.4 Å². The number of esters is 1. The Labute approximate surface area is 139 Å². The molecule has 0 spiro atoms. The highest BCUT2D eigenvalue weighted by Crippen LogP contribution is 2.35. The highest BCUT2D eigenvalue weighted by molar-refractivity contribution is 8.00. The first-order valence-corrected chi connectivity index (χ1v) is 9.67. The largest absolute Gasteiger partial charge is 0.464 e. The van der Waals surface area contributed by atoms with E-state index in [1.807, 2.05) is 0 Å². The fraction of sp³-hybridized carbons (Fsp3) is 0.882. The van der Waals surface area contributed by atoms with Crippen LogP contribution in [0.3, 0.4) is 0 Å². The molecule has 0 aromatic carbocycles. The molecule has 1 aliphatic rings. The lowest BCUT2D eigenvalue weighted by Crippen LogP contribution is -2.47. The van der Waals surface area contributed by atoms with Gasteiger partial charge < -0.3 is 9.64 Å². The molecule has 128 valence electrons. The molecule has 0 aliphatic carbocycles. The molecule has 1 rings (SSSR count). The second-order valence-electron chi connectivity index (χ2n) is 6.26. The quantitative estimate of drug-likeness (QED) is 0.476. The standard InChI is InChI=1S/C17H31NO3S/c1-5-7-9-10-15(19)18-14(12-22-16(18)13(3)4)17(20)21-11-8-6-2/h13-14,16H,5-12H2,1-4H3. The van der Waals surface area contributed by atoms with E-state index in [1.54, 1.807) is 16.7 Å². The Morgan fingerprint density at radius 1 is 1.18 bits per heavy atom. The van der Waals surface area contributed by atoms with Gasteiger partial charge in [0.05, 0.1) is 12.0 Å². The highest BCUT2D eigenvalue weighted by Gasteiger charge is 2.43. The van der Waals surface area contributed by atoms with Crippen molar-refractivity contribution >= 4 is 23.6 Å². The molecule has 0 N–H and O–H groups in total. The Bertz CT molecular complexity index is 360. The summed E-state index contributed by atoms with van der Waals surface area (Å²) in [5.74, 6) is 0.879. The number of thioether (sulfide) groups is 1. The van der Waals surface area contributed by atoms with E-state index in [-0.39, 0.29) is 17.3 Å². The van der Waals surface area contributed by atoms with Gasteiger partial charge in [-0.15, -0.1) is 11.8 Å². The molecule has 2 atom stereocenters. The Balaban J connectivity index is 2.69. The minimum absolute atomic E-state index is 0.0952. The van der Waals surface area contributed by atoms with Crippen LogP contribution in [0.25, 0.3) is 0 Å². The van der Waals surface area contributed by atoms with Gasteiger partial charge in [-0.3, -0.25) is 4.79 Å². The highest BCUT2D eigenvalue weighted by atomic mass is 32.2. The zero-order valence-electron chi connectivity index (χ0n) is 14.5. The second-order valence-corrected chi connectivity index (χ2v) is 7.41. The number of carbonyl (C=O) groups is 2. The molecule has 22 heavy (non-hydrogen) atoms. The summed E-state index contributed by atoms with van der Waals surface area (Å²) in [5.41, 5.74) is 0. The van der Waals surface area contributed by atoms with Crippen molar-refractivity contribution in [1.29, 1.82) is 0 Å². The summed E-state index contributed by atoms with van der Waals surface area (Å²) in [7, 11) is 0. The van der Waals surface area contributed by atoms with Crippen molar-refractivity contribution in [2.45, 2.75) is 77.6 Å². The first-order chi connectivity index (χ1) is 10.5. The summed E-state index contributed by atoms with van der Waals surface area (Å²) in [4.78, 5) is 26.7. The van der Waals surface area contributed by atoms with Gasteiger partial charge in [0, 0.05) is 12.2 Å². The summed E-state index contributed by atoms with van der Waals surface area (Å²) in [6.07, 6.45) is 5.47. The minimum Gasteiger partial charge on any atom is -0.464 e. The van der Waals surface area contributed by atoms with Gasteiger partial charge in [-0.1, -0.05) is 47.0 Å². The van der Waals surface area contributed by atoms with E-state index in [4.69, 9.17) is 4.74 Å². The maximum atomic E-state index is 12.6. The topological polar surface area (TPSA) is 46.6 Å². The lowest BCUT2D eigenvalue weighted by molar-refractivity contribution is -0.154. The van der Waals surface area contributed by atoms with Crippen LogP contribution >= 0.6 is 11.8 Å².